The van der Waals surface area contributed by atoms with Crippen LogP contribution in [0, 0.1) is 5.92 Å². The molecule has 1 aromatic carbocycles. The van der Waals surface area contributed by atoms with Gasteiger partial charge in [0.15, 0.2) is 0 Å². The quantitative estimate of drug-likeness (QED) is 0.751. The van der Waals surface area contributed by atoms with Gasteiger partial charge in [0, 0.05) is 13.0 Å². The zero-order valence-electron chi connectivity index (χ0n) is 14.1. The number of methoxy groups -OCH3 is 1. The maximum Gasteiger partial charge on any atom is 0.328 e. The topological polar surface area (TPSA) is 87.7 Å². The van der Waals surface area contributed by atoms with E-state index in [2.05, 4.69) is 10.7 Å². The fourth-order valence-electron chi connectivity index (χ4n) is 2.65. The number of carbonyl (C=O) groups is 3. The van der Waals surface area contributed by atoms with Crippen molar-refractivity contribution in [1.82, 2.24) is 15.8 Å². The Labute approximate surface area is 141 Å². The molecule has 2 N–H and O–H groups in total. The molecule has 1 aliphatic rings. The Kier molecular flexibility index (Phi) is 5.92. The molecule has 130 valence electrons. The number of rotatable bonds is 6. The number of benzene rings is 1. The molecular weight excluding hydrogens is 310 g/mol. The van der Waals surface area contributed by atoms with Crippen LogP contribution in [0.15, 0.2) is 30.3 Å². The summed E-state index contributed by atoms with van der Waals surface area (Å²) in [6.45, 7) is 4.09. The highest BCUT2D eigenvalue weighted by Gasteiger charge is 2.35. The maximum absolute atomic E-state index is 12.9. The third kappa shape index (κ3) is 4.11. The Morgan fingerprint density at radius 3 is 2.42 bits per heavy atom. The van der Waals surface area contributed by atoms with Crippen molar-refractivity contribution < 1.29 is 19.1 Å². The van der Waals surface area contributed by atoms with Crippen LogP contribution < -0.4 is 10.7 Å². The first-order chi connectivity index (χ1) is 11.4. The number of hydrogen-bond acceptors (Lipinski definition) is 5. The standard InChI is InChI=1S/C17H23N3O4/c1-11(2)14(17(23)24-3)18-16(22)15(12-7-5-4-6-8-12)20-10-9-13(21)19-20/h4-8,11,14-15H,9-10H2,1-3H3,(H,18,22)(H,19,21)/t14-,15?/m0/s1. The van der Waals surface area contributed by atoms with Crippen molar-refractivity contribution in [2.45, 2.75) is 32.4 Å². The molecule has 0 aromatic heterocycles. The molecule has 1 saturated heterocycles. The Hall–Kier alpha value is -2.41. The van der Waals surface area contributed by atoms with Crippen LogP contribution in [0.4, 0.5) is 0 Å². The van der Waals surface area contributed by atoms with E-state index in [1.165, 1.54) is 7.11 Å². The lowest BCUT2D eigenvalue weighted by Gasteiger charge is -2.29. The van der Waals surface area contributed by atoms with E-state index in [0.717, 1.165) is 5.56 Å². The van der Waals surface area contributed by atoms with E-state index in [1.54, 1.807) is 5.01 Å². The Morgan fingerprint density at radius 2 is 1.92 bits per heavy atom. The first-order valence-corrected chi connectivity index (χ1v) is 7.93. The van der Waals surface area contributed by atoms with E-state index in [9.17, 15) is 14.4 Å². The van der Waals surface area contributed by atoms with Crippen molar-refractivity contribution in [3.63, 3.8) is 0 Å². The average molecular weight is 333 g/mol. The lowest BCUT2D eigenvalue weighted by Crippen LogP contribution is -2.51. The van der Waals surface area contributed by atoms with Gasteiger partial charge in [-0.2, -0.15) is 0 Å². The average Bonchev–Trinajstić information content (AvgIpc) is 2.98. The van der Waals surface area contributed by atoms with Crippen molar-refractivity contribution in [3.05, 3.63) is 35.9 Å². The second kappa shape index (κ2) is 7.92. The summed E-state index contributed by atoms with van der Waals surface area (Å²) in [5.41, 5.74) is 3.44. The second-order valence-electron chi connectivity index (χ2n) is 6.05. The van der Waals surface area contributed by atoms with Gasteiger partial charge in [0.1, 0.15) is 12.1 Å². The molecule has 0 spiro atoms. The second-order valence-corrected chi connectivity index (χ2v) is 6.05. The van der Waals surface area contributed by atoms with E-state index in [4.69, 9.17) is 4.74 Å². The van der Waals surface area contributed by atoms with Crippen LogP contribution in [0.3, 0.4) is 0 Å². The summed E-state index contributed by atoms with van der Waals surface area (Å²) in [6.07, 6.45) is 0.335. The molecule has 2 amide bonds. The summed E-state index contributed by atoms with van der Waals surface area (Å²) < 4.78 is 4.77. The van der Waals surface area contributed by atoms with Gasteiger partial charge in [-0.25, -0.2) is 9.80 Å². The summed E-state index contributed by atoms with van der Waals surface area (Å²) in [5, 5.41) is 4.35. The first kappa shape index (κ1) is 17.9. The minimum atomic E-state index is -0.744. The molecular formula is C17H23N3O4. The third-order valence-electron chi connectivity index (χ3n) is 3.94. The van der Waals surface area contributed by atoms with Gasteiger partial charge in [0.05, 0.1) is 7.11 Å². The smallest absolute Gasteiger partial charge is 0.328 e. The Balaban J connectivity index is 2.24. The van der Waals surface area contributed by atoms with Crippen LogP contribution in [0.1, 0.15) is 31.9 Å². The molecule has 1 aromatic rings. The van der Waals surface area contributed by atoms with Crippen LogP contribution in [0.2, 0.25) is 0 Å². The van der Waals surface area contributed by atoms with E-state index in [1.807, 2.05) is 44.2 Å². The minimum absolute atomic E-state index is 0.119. The number of nitrogens with zero attached hydrogens (tertiary/aromatic N) is 1. The monoisotopic (exact) mass is 333 g/mol. The summed E-state index contributed by atoms with van der Waals surface area (Å²) in [6, 6.07) is 7.69. The van der Waals surface area contributed by atoms with E-state index in [0.29, 0.717) is 13.0 Å². The van der Waals surface area contributed by atoms with Gasteiger partial charge in [-0.3, -0.25) is 15.0 Å². The molecule has 1 heterocycles. The highest BCUT2D eigenvalue weighted by molar-refractivity contribution is 5.89. The molecule has 0 saturated carbocycles. The zero-order valence-corrected chi connectivity index (χ0v) is 14.1. The molecule has 2 rings (SSSR count). The summed E-state index contributed by atoms with van der Waals surface area (Å²) in [5.74, 6) is -1.09. The number of amides is 2. The van der Waals surface area contributed by atoms with Crippen LogP contribution in [-0.4, -0.2) is 42.5 Å². The third-order valence-corrected chi connectivity index (χ3v) is 3.94. The molecule has 0 aliphatic carbocycles. The van der Waals surface area contributed by atoms with Crippen molar-refractivity contribution in [3.8, 4) is 0 Å². The lowest BCUT2D eigenvalue weighted by molar-refractivity contribution is -0.147. The molecule has 7 heteroatoms. The number of esters is 1. The molecule has 1 fully saturated rings. The van der Waals surface area contributed by atoms with Crippen LogP contribution >= 0.6 is 0 Å². The summed E-state index contributed by atoms with van der Waals surface area (Å²) >= 11 is 0. The normalized spacial score (nSPS) is 17.2. The van der Waals surface area contributed by atoms with Crippen molar-refractivity contribution in [2.24, 2.45) is 5.92 Å². The van der Waals surface area contributed by atoms with E-state index < -0.39 is 18.1 Å². The van der Waals surface area contributed by atoms with Crippen LogP contribution in [-0.2, 0) is 19.1 Å². The van der Waals surface area contributed by atoms with Gasteiger partial charge in [-0.15, -0.1) is 0 Å². The number of hydrazine groups is 1. The van der Waals surface area contributed by atoms with E-state index in [-0.39, 0.29) is 17.7 Å². The molecule has 2 atom stereocenters. The SMILES string of the molecule is COC(=O)[C@@H](NC(=O)C(c1ccccc1)N1CCC(=O)N1)C(C)C. The first-order valence-electron chi connectivity index (χ1n) is 7.93. The summed E-state index contributed by atoms with van der Waals surface area (Å²) in [4.78, 5) is 36.3. The van der Waals surface area contributed by atoms with Gasteiger partial charge in [0.25, 0.3) is 0 Å². The predicted molar refractivity (Wildman–Crippen MR) is 87.4 cm³/mol. The molecule has 7 nitrogen and oxygen atoms in total. The zero-order chi connectivity index (χ0) is 17.7. The lowest BCUT2D eigenvalue weighted by atomic mass is 10.0. The molecule has 0 bridgehead atoms. The maximum atomic E-state index is 12.9. The molecule has 1 aliphatic heterocycles. The summed E-state index contributed by atoms with van der Waals surface area (Å²) in [7, 11) is 1.29. The van der Waals surface area contributed by atoms with Crippen molar-refractivity contribution in [2.75, 3.05) is 13.7 Å². The fourth-order valence-corrected chi connectivity index (χ4v) is 2.65. The number of carbonyl (C=O) groups excluding carboxylic acids is 3. The number of ether oxygens (including phenoxy) is 1. The van der Waals surface area contributed by atoms with Gasteiger partial charge in [0.2, 0.25) is 11.8 Å². The van der Waals surface area contributed by atoms with Gasteiger partial charge in [-0.05, 0) is 11.5 Å². The van der Waals surface area contributed by atoms with Crippen LogP contribution in [0.25, 0.3) is 0 Å². The largest absolute Gasteiger partial charge is 0.467 e. The van der Waals surface area contributed by atoms with Crippen molar-refractivity contribution >= 4 is 17.8 Å². The highest BCUT2D eigenvalue weighted by atomic mass is 16.5. The number of hydrogen-bond donors (Lipinski definition) is 2. The van der Waals surface area contributed by atoms with E-state index >= 15 is 0 Å². The highest BCUT2D eigenvalue weighted by Crippen LogP contribution is 2.22. The minimum Gasteiger partial charge on any atom is -0.467 e. The Bertz CT molecular complexity index is 603. The van der Waals surface area contributed by atoms with Crippen LogP contribution in [0.5, 0.6) is 0 Å². The number of nitrogens with one attached hydrogen (secondary N) is 2. The van der Waals surface area contributed by atoms with Crippen molar-refractivity contribution in [1.29, 1.82) is 0 Å². The van der Waals surface area contributed by atoms with Gasteiger partial charge < -0.3 is 10.1 Å². The Morgan fingerprint density at radius 1 is 1.25 bits per heavy atom. The predicted octanol–water partition coefficient (Wildman–Crippen LogP) is 0.778. The molecule has 0 radical (unpaired) electrons. The van der Waals surface area contributed by atoms with Gasteiger partial charge in [-0.1, -0.05) is 44.2 Å². The fraction of sp³-hybridized carbons (Fsp3) is 0.471. The molecule has 1 unspecified atom stereocenters. The molecule has 24 heavy (non-hydrogen) atoms. The van der Waals surface area contributed by atoms with Gasteiger partial charge >= 0.3 is 5.97 Å².